The minimum atomic E-state index is -0.733. The molecule has 1 aliphatic rings. The first-order valence-electron chi connectivity index (χ1n) is 9.07. The van der Waals surface area contributed by atoms with Crippen molar-refractivity contribution in [1.29, 1.82) is 0 Å². The normalized spacial score (nSPS) is 22.0. The zero-order valence-corrected chi connectivity index (χ0v) is 16.3. The molecular weight excluding hydrogens is 322 g/mol. The van der Waals surface area contributed by atoms with Crippen LogP contribution < -0.4 is 11.1 Å². The highest BCUT2D eigenvalue weighted by Gasteiger charge is 2.42. The molecule has 3 amide bonds. The second-order valence-corrected chi connectivity index (χ2v) is 8.13. The largest absolute Gasteiger partial charge is 0.444 e. The summed E-state index contributed by atoms with van der Waals surface area (Å²) < 4.78 is 5.28. The average molecular weight is 355 g/mol. The standard InChI is InChI=1S/C18H33N3O4/c1-7-12-8-9-14(15(19)22)21(12)16(23)13(10-11(2)3)20-17(24)25-18(4,5)6/h11-14H,7-10H2,1-6H3,(H2,19,22)(H,20,24)/t12-,13-,14-/m0/s1. The lowest BCUT2D eigenvalue weighted by Gasteiger charge is -2.33. The summed E-state index contributed by atoms with van der Waals surface area (Å²) in [5.74, 6) is -0.559. The summed E-state index contributed by atoms with van der Waals surface area (Å²) in [4.78, 5) is 38.6. The van der Waals surface area contributed by atoms with Crippen molar-refractivity contribution in [2.24, 2.45) is 11.7 Å². The van der Waals surface area contributed by atoms with Gasteiger partial charge in [0.15, 0.2) is 0 Å². The van der Waals surface area contributed by atoms with Crippen molar-refractivity contribution in [2.45, 2.75) is 91.0 Å². The van der Waals surface area contributed by atoms with Crippen LogP contribution in [0.2, 0.25) is 0 Å². The highest BCUT2D eigenvalue weighted by molar-refractivity contribution is 5.91. The number of primary amides is 1. The predicted octanol–water partition coefficient (Wildman–Crippen LogP) is 2.18. The fourth-order valence-electron chi connectivity index (χ4n) is 3.22. The number of hydrogen-bond acceptors (Lipinski definition) is 4. The SMILES string of the molecule is CC[C@H]1CC[C@@H](C(N)=O)N1C(=O)[C@H](CC(C)C)NC(=O)OC(C)(C)C. The number of carbonyl (C=O) groups is 3. The van der Waals surface area contributed by atoms with E-state index in [1.165, 1.54) is 0 Å². The first-order valence-corrected chi connectivity index (χ1v) is 9.07. The van der Waals surface area contributed by atoms with E-state index in [0.29, 0.717) is 12.8 Å². The number of hydrogen-bond donors (Lipinski definition) is 2. The lowest BCUT2D eigenvalue weighted by molar-refractivity contribution is -0.141. The number of nitrogens with one attached hydrogen (secondary N) is 1. The fraction of sp³-hybridized carbons (Fsp3) is 0.833. The van der Waals surface area contributed by atoms with Crippen molar-refractivity contribution in [3.8, 4) is 0 Å². The van der Waals surface area contributed by atoms with Gasteiger partial charge in [0.25, 0.3) is 0 Å². The van der Waals surface area contributed by atoms with Gasteiger partial charge < -0.3 is 20.7 Å². The van der Waals surface area contributed by atoms with Crippen molar-refractivity contribution in [1.82, 2.24) is 10.2 Å². The molecule has 3 atom stereocenters. The maximum atomic E-state index is 13.1. The molecule has 1 fully saturated rings. The Morgan fingerprint density at radius 1 is 1.24 bits per heavy atom. The first kappa shape index (κ1) is 21.3. The van der Waals surface area contributed by atoms with Gasteiger partial charge in [-0.05, 0) is 52.4 Å². The van der Waals surface area contributed by atoms with Gasteiger partial charge in [0.2, 0.25) is 11.8 Å². The third-order valence-corrected chi connectivity index (χ3v) is 4.25. The monoisotopic (exact) mass is 355 g/mol. The van der Waals surface area contributed by atoms with Crippen LogP contribution in [0.5, 0.6) is 0 Å². The molecule has 0 aliphatic carbocycles. The highest BCUT2D eigenvalue weighted by atomic mass is 16.6. The van der Waals surface area contributed by atoms with Crippen LogP contribution in [-0.4, -0.2) is 46.5 Å². The number of nitrogens with two attached hydrogens (primary N) is 1. The van der Waals surface area contributed by atoms with Crippen molar-refractivity contribution in [3.05, 3.63) is 0 Å². The Morgan fingerprint density at radius 3 is 2.28 bits per heavy atom. The number of nitrogens with zero attached hydrogens (tertiary/aromatic N) is 1. The van der Waals surface area contributed by atoms with E-state index in [2.05, 4.69) is 5.32 Å². The van der Waals surface area contributed by atoms with E-state index in [1.54, 1.807) is 25.7 Å². The number of alkyl carbamates (subject to hydrolysis) is 1. The van der Waals surface area contributed by atoms with Gasteiger partial charge in [-0.25, -0.2) is 4.79 Å². The van der Waals surface area contributed by atoms with E-state index in [1.807, 2.05) is 20.8 Å². The van der Waals surface area contributed by atoms with Gasteiger partial charge in [0.05, 0.1) is 0 Å². The van der Waals surface area contributed by atoms with Gasteiger partial charge >= 0.3 is 6.09 Å². The topological polar surface area (TPSA) is 102 Å². The van der Waals surface area contributed by atoms with E-state index in [0.717, 1.165) is 12.8 Å². The van der Waals surface area contributed by atoms with Gasteiger partial charge in [-0.2, -0.15) is 0 Å². The Labute approximate surface area is 150 Å². The molecule has 0 spiro atoms. The van der Waals surface area contributed by atoms with E-state index < -0.39 is 29.7 Å². The van der Waals surface area contributed by atoms with Crippen LogP contribution in [0.3, 0.4) is 0 Å². The molecule has 1 rings (SSSR count). The van der Waals surface area contributed by atoms with Crippen LogP contribution in [0.25, 0.3) is 0 Å². The maximum Gasteiger partial charge on any atom is 0.408 e. The molecule has 1 saturated heterocycles. The molecule has 0 aromatic carbocycles. The van der Waals surface area contributed by atoms with Gasteiger partial charge in [-0.15, -0.1) is 0 Å². The Hall–Kier alpha value is -1.79. The minimum absolute atomic E-state index is 0.0277. The van der Waals surface area contributed by atoms with E-state index in [9.17, 15) is 14.4 Å². The molecule has 3 N–H and O–H groups in total. The molecule has 0 radical (unpaired) electrons. The van der Waals surface area contributed by atoms with E-state index in [-0.39, 0.29) is 17.9 Å². The molecule has 7 heteroatoms. The minimum Gasteiger partial charge on any atom is -0.444 e. The molecule has 0 saturated carbocycles. The van der Waals surface area contributed by atoms with Gasteiger partial charge in [0.1, 0.15) is 17.7 Å². The van der Waals surface area contributed by atoms with Gasteiger partial charge in [0, 0.05) is 6.04 Å². The number of likely N-dealkylation sites (tertiary alicyclic amines) is 1. The highest BCUT2D eigenvalue weighted by Crippen LogP contribution is 2.28. The molecule has 7 nitrogen and oxygen atoms in total. The summed E-state index contributed by atoms with van der Waals surface area (Å²) >= 11 is 0. The van der Waals surface area contributed by atoms with Crippen LogP contribution in [0.4, 0.5) is 4.79 Å². The quantitative estimate of drug-likeness (QED) is 0.762. The summed E-state index contributed by atoms with van der Waals surface area (Å²) in [6.45, 7) is 11.2. The Kier molecular flexibility index (Phi) is 7.26. The van der Waals surface area contributed by atoms with E-state index in [4.69, 9.17) is 10.5 Å². The van der Waals surface area contributed by atoms with Crippen molar-refractivity contribution in [3.63, 3.8) is 0 Å². The second kappa shape index (κ2) is 8.54. The van der Waals surface area contributed by atoms with E-state index >= 15 is 0 Å². The molecule has 0 aromatic heterocycles. The molecule has 25 heavy (non-hydrogen) atoms. The molecule has 0 bridgehead atoms. The summed E-state index contributed by atoms with van der Waals surface area (Å²) in [6.07, 6.45) is 1.90. The lowest BCUT2D eigenvalue weighted by Crippen LogP contribution is -2.55. The first-order chi connectivity index (χ1) is 11.5. The van der Waals surface area contributed by atoms with Crippen LogP contribution in [0.15, 0.2) is 0 Å². The average Bonchev–Trinajstić information content (AvgIpc) is 2.87. The smallest absolute Gasteiger partial charge is 0.408 e. The fourth-order valence-corrected chi connectivity index (χ4v) is 3.22. The lowest BCUT2D eigenvalue weighted by atomic mass is 10.0. The second-order valence-electron chi connectivity index (χ2n) is 8.13. The molecule has 1 aliphatic heterocycles. The Morgan fingerprint density at radius 2 is 1.84 bits per heavy atom. The van der Waals surface area contributed by atoms with Crippen molar-refractivity contribution < 1.29 is 19.1 Å². The molecule has 144 valence electrons. The third-order valence-electron chi connectivity index (χ3n) is 4.25. The van der Waals surface area contributed by atoms with Crippen LogP contribution in [0, 0.1) is 5.92 Å². The van der Waals surface area contributed by atoms with Crippen molar-refractivity contribution in [2.75, 3.05) is 0 Å². The number of amides is 3. The summed E-state index contributed by atoms with van der Waals surface area (Å²) in [7, 11) is 0. The number of ether oxygens (including phenoxy) is 1. The van der Waals surface area contributed by atoms with Crippen LogP contribution in [-0.2, 0) is 14.3 Å². The van der Waals surface area contributed by atoms with Crippen molar-refractivity contribution >= 4 is 17.9 Å². The number of rotatable bonds is 6. The predicted molar refractivity (Wildman–Crippen MR) is 95.8 cm³/mol. The summed E-state index contributed by atoms with van der Waals surface area (Å²) in [5.41, 5.74) is 4.84. The summed E-state index contributed by atoms with van der Waals surface area (Å²) in [5, 5.41) is 2.68. The molecule has 1 heterocycles. The zero-order chi connectivity index (χ0) is 19.4. The maximum absolute atomic E-state index is 13.1. The molecule has 0 unspecified atom stereocenters. The summed E-state index contributed by atoms with van der Waals surface area (Å²) in [6, 6.07) is -1.36. The molecular formula is C18H33N3O4. The third kappa shape index (κ3) is 6.21. The van der Waals surface area contributed by atoms with Crippen LogP contribution >= 0.6 is 0 Å². The van der Waals surface area contributed by atoms with Gasteiger partial charge in [-0.1, -0.05) is 20.8 Å². The van der Waals surface area contributed by atoms with Gasteiger partial charge in [-0.3, -0.25) is 9.59 Å². The number of carbonyl (C=O) groups excluding carboxylic acids is 3. The zero-order valence-electron chi connectivity index (χ0n) is 16.3. The Bertz CT molecular complexity index is 499. The Balaban J connectivity index is 2.98. The molecule has 0 aromatic rings. The van der Waals surface area contributed by atoms with Crippen LogP contribution in [0.1, 0.15) is 67.2 Å².